The van der Waals surface area contributed by atoms with Gasteiger partial charge in [-0.2, -0.15) is 0 Å². The lowest BCUT2D eigenvalue weighted by Gasteiger charge is -2.17. The minimum atomic E-state index is -0.639. The molecule has 0 saturated carbocycles. The number of hydrogen-bond acceptors (Lipinski definition) is 5. The van der Waals surface area contributed by atoms with Crippen LogP contribution in [0.5, 0.6) is 11.5 Å². The lowest BCUT2D eigenvalue weighted by Crippen LogP contribution is -2.47. The molecule has 0 radical (unpaired) electrons. The molecule has 7 heteroatoms. The number of amides is 2. The average Bonchev–Trinajstić information content (AvgIpc) is 2.85. The summed E-state index contributed by atoms with van der Waals surface area (Å²) in [6, 6.07) is 24.5. The van der Waals surface area contributed by atoms with E-state index in [4.69, 9.17) is 9.47 Å². The van der Waals surface area contributed by atoms with Gasteiger partial charge in [0.15, 0.2) is 0 Å². The van der Waals surface area contributed by atoms with Gasteiger partial charge in [-0.25, -0.2) is 0 Å². The lowest BCUT2D eigenvalue weighted by atomic mass is 10.2. The van der Waals surface area contributed by atoms with Crippen molar-refractivity contribution in [2.24, 2.45) is 0 Å². The van der Waals surface area contributed by atoms with Crippen LogP contribution in [0.25, 0.3) is 0 Å². The van der Waals surface area contributed by atoms with Gasteiger partial charge in [0.05, 0.1) is 7.11 Å². The molecular formula is C26H28N2O4S. The summed E-state index contributed by atoms with van der Waals surface area (Å²) < 4.78 is 11.0. The molecule has 3 aromatic rings. The normalized spacial score (nSPS) is 11.3. The molecule has 33 heavy (non-hydrogen) atoms. The van der Waals surface area contributed by atoms with Crippen molar-refractivity contribution < 1.29 is 19.1 Å². The molecule has 6 nitrogen and oxygen atoms in total. The van der Waals surface area contributed by atoms with Gasteiger partial charge in [-0.15, -0.1) is 11.8 Å². The minimum absolute atomic E-state index is 0.226. The van der Waals surface area contributed by atoms with E-state index in [1.54, 1.807) is 7.11 Å². The highest BCUT2D eigenvalue weighted by Crippen LogP contribution is 2.23. The average molecular weight is 465 g/mol. The van der Waals surface area contributed by atoms with Crippen LogP contribution in [0.4, 0.5) is 0 Å². The summed E-state index contributed by atoms with van der Waals surface area (Å²) >= 11 is 1.50. The van der Waals surface area contributed by atoms with Gasteiger partial charge in [0.1, 0.15) is 24.1 Å². The predicted octanol–water partition coefficient (Wildman–Crippen LogP) is 4.19. The topological polar surface area (TPSA) is 76.7 Å². The second-order valence-corrected chi connectivity index (χ2v) is 8.47. The van der Waals surface area contributed by atoms with E-state index in [1.165, 1.54) is 18.7 Å². The Kier molecular flexibility index (Phi) is 9.20. The number of rotatable bonds is 11. The van der Waals surface area contributed by atoms with Crippen LogP contribution in [0, 0.1) is 0 Å². The third kappa shape index (κ3) is 8.20. The molecule has 0 aliphatic carbocycles. The van der Waals surface area contributed by atoms with Gasteiger partial charge in [-0.3, -0.25) is 9.59 Å². The highest BCUT2D eigenvalue weighted by atomic mass is 32.2. The van der Waals surface area contributed by atoms with Crippen LogP contribution in [0.2, 0.25) is 0 Å². The SMILES string of the molecule is COc1ccc(CNC(=O)C(CSc2ccc(OCc3ccccc3)cc2)NC(C)=O)cc1. The standard InChI is InChI=1S/C26H28N2O4S/c1-19(29)28-25(26(30)27-16-20-8-10-22(31-2)11-9-20)18-33-24-14-12-23(13-15-24)32-17-21-6-4-3-5-7-21/h3-15,25H,16-18H2,1-2H3,(H,27,30)(H,28,29). The first kappa shape index (κ1) is 24.2. The molecule has 2 amide bonds. The van der Waals surface area contributed by atoms with Crippen molar-refractivity contribution in [3.05, 3.63) is 90.0 Å². The predicted molar refractivity (Wildman–Crippen MR) is 130 cm³/mol. The molecule has 0 spiro atoms. The zero-order chi connectivity index (χ0) is 23.5. The fourth-order valence-corrected chi connectivity index (χ4v) is 3.96. The fraction of sp³-hybridized carbons (Fsp3) is 0.231. The van der Waals surface area contributed by atoms with E-state index in [9.17, 15) is 9.59 Å². The fourth-order valence-electron chi connectivity index (χ4n) is 3.04. The van der Waals surface area contributed by atoms with Crippen LogP contribution >= 0.6 is 11.8 Å². The number of carbonyl (C=O) groups is 2. The number of nitrogens with one attached hydrogen (secondary N) is 2. The van der Waals surface area contributed by atoms with E-state index in [0.717, 1.165) is 27.5 Å². The monoisotopic (exact) mass is 464 g/mol. The summed E-state index contributed by atoms with van der Waals surface area (Å²) in [6.45, 7) is 2.29. The summed E-state index contributed by atoms with van der Waals surface area (Å²) in [7, 11) is 1.61. The summed E-state index contributed by atoms with van der Waals surface area (Å²) in [6.07, 6.45) is 0. The van der Waals surface area contributed by atoms with E-state index in [1.807, 2.05) is 78.9 Å². The molecule has 0 aliphatic heterocycles. The summed E-state index contributed by atoms with van der Waals surface area (Å²) in [5.41, 5.74) is 2.05. The summed E-state index contributed by atoms with van der Waals surface area (Å²) in [4.78, 5) is 25.3. The lowest BCUT2D eigenvalue weighted by molar-refractivity contribution is -0.127. The van der Waals surface area contributed by atoms with E-state index in [-0.39, 0.29) is 11.8 Å². The Labute approximate surface area is 198 Å². The Morgan fingerprint density at radius 3 is 2.18 bits per heavy atom. The maximum Gasteiger partial charge on any atom is 0.243 e. The minimum Gasteiger partial charge on any atom is -0.497 e. The molecule has 2 N–H and O–H groups in total. The van der Waals surface area contributed by atoms with Crippen molar-refractivity contribution in [1.82, 2.24) is 10.6 Å². The van der Waals surface area contributed by atoms with Crippen molar-refractivity contribution in [2.75, 3.05) is 12.9 Å². The molecule has 172 valence electrons. The van der Waals surface area contributed by atoms with Gasteiger partial charge in [-0.1, -0.05) is 42.5 Å². The maximum absolute atomic E-state index is 12.7. The summed E-state index contributed by atoms with van der Waals surface area (Å²) in [5.74, 6) is 1.48. The molecule has 0 aromatic heterocycles. The van der Waals surface area contributed by atoms with Crippen molar-refractivity contribution in [3.63, 3.8) is 0 Å². The highest BCUT2D eigenvalue weighted by molar-refractivity contribution is 7.99. The Bertz CT molecular complexity index is 1020. The third-order valence-corrected chi connectivity index (χ3v) is 5.91. The number of ether oxygens (including phenoxy) is 2. The first-order valence-electron chi connectivity index (χ1n) is 10.6. The second kappa shape index (κ2) is 12.6. The van der Waals surface area contributed by atoms with Crippen LogP contribution in [-0.2, 0) is 22.7 Å². The van der Waals surface area contributed by atoms with Crippen LogP contribution in [0.1, 0.15) is 18.1 Å². The molecular weight excluding hydrogens is 436 g/mol. The van der Waals surface area contributed by atoms with Gasteiger partial charge in [0, 0.05) is 24.1 Å². The van der Waals surface area contributed by atoms with E-state index >= 15 is 0 Å². The van der Waals surface area contributed by atoms with Crippen LogP contribution in [0.3, 0.4) is 0 Å². The van der Waals surface area contributed by atoms with Gasteiger partial charge < -0.3 is 20.1 Å². The molecule has 3 aromatic carbocycles. The number of methoxy groups -OCH3 is 1. The van der Waals surface area contributed by atoms with E-state index in [0.29, 0.717) is 18.9 Å². The van der Waals surface area contributed by atoms with Gasteiger partial charge in [0.25, 0.3) is 0 Å². The quantitative estimate of drug-likeness (QED) is 0.416. The Balaban J connectivity index is 1.50. The van der Waals surface area contributed by atoms with E-state index < -0.39 is 6.04 Å². The van der Waals surface area contributed by atoms with Crippen molar-refractivity contribution in [2.45, 2.75) is 31.0 Å². The Morgan fingerprint density at radius 2 is 1.55 bits per heavy atom. The van der Waals surface area contributed by atoms with Crippen LogP contribution < -0.4 is 20.1 Å². The van der Waals surface area contributed by atoms with Crippen molar-refractivity contribution in [1.29, 1.82) is 0 Å². The molecule has 0 bridgehead atoms. The van der Waals surface area contributed by atoms with Crippen LogP contribution in [0.15, 0.2) is 83.8 Å². The molecule has 0 saturated heterocycles. The second-order valence-electron chi connectivity index (χ2n) is 7.38. The zero-order valence-electron chi connectivity index (χ0n) is 18.7. The Morgan fingerprint density at radius 1 is 0.879 bits per heavy atom. The molecule has 0 aliphatic rings. The molecule has 0 heterocycles. The zero-order valence-corrected chi connectivity index (χ0v) is 19.6. The number of hydrogen-bond donors (Lipinski definition) is 2. The van der Waals surface area contributed by atoms with Gasteiger partial charge >= 0.3 is 0 Å². The highest BCUT2D eigenvalue weighted by Gasteiger charge is 2.19. The van der Waals surface area contributed by atoms with Gasteiger partial charge in [0.2, 0.25) is 11.8 Å². The largest absolute Gasteiger partial charge is 0.497 e. The summed E-state index contributed by atoms with van der Waals surface area (Å²) in [5, 5.41) is 5.63. The molecule has 1 atom stereocenters. The number of thioether (sulfide) groups is 1. The van der Waals surface area contributed by atoms with Crippen molar-refractivity contribution >= 4 is 23.6 Å². The van der Waals surface area contributed by atoms with Crippen LogP contribution in [-0.4, -0.2) is 30.7 Å². The van der Waals surface area contributed by atoms with Gasteiger partial charge in [-0.05, 0) is 47.5 Å². The third-order valence-electron chi connectivity index (χ3n) is 4.81. The first-order valence-corrected chi connectivity index (χ1v) is 11.6. The molecule has 1 unspecified atom stereocenters. The first-order chi connectivity index (χ1) is 16.0. The Hall–Kier alpha value is -3.45. The maximum atomic E-state index is 12.7. The smallest absolute Gasteiger partial charge is 0.243 e. The molecule has 0 fully saturated rings. The number of carbonyl (C=O) groups excluding carboxylic acids is 2. The number of benzene rings is 3. The van der Waals surface area contributed by atoms with Crippen molar-refractivity contribution in [3.8, 4) is 11.5 Å². The van der Waals surface area contributed by atoms with E-state index in [2.05, 4.69) is 10.6 Å². The molecule has 3 rings (SSSR count).